The molecule has 2 aliphatic rings. The number of nitrogens with one attached hydrogen (secondary N) is 1. The van der Waals surface area contributed by atoms with Gasteiger partial charge in [-0.2, -0.15) is 0 Å². The largest absolute Gasteiger partial charge is 0.479 e. The van der Waals surface area contributed by atoms with Gasteiger partial charge in [-0.1, -0.05) is 6.07 Å². The maximum absolute atomic E-state index is 12.0. The fraction of sp³-hybridized carbons (Fsp3) is 0.562. The Kier molecular flexibility index (Phi) is 3.87. The van der Waals surface area contributed by atoms with Crippen LogP contribution in [0.3, 0.4) is 0 Å². The molecule has 2 heterocycles. The van der Waals surface area contributed by atoms with Crippen LogP contribution in [0.2, 0.25) is 0 Å². The van der Waals surface area contributed by atoms with Gasteiger partial charge >= 0.3 is 0 Å². The molecule has 21 heavy (non-hydrogen) atoms. The van der Waals surface area contributed by atoms with Crippen LogP contribution in [0, 0.1) is 5.92 Å². The van der Waals surface area contributed by atoms with Crippen LogP contribution in [0.15, 0.2) is 18.2 Å². The standard InChI is InChI=1S/C16H22N2O3/c1-10-16(20)18(2)13-9-12(3-4-14(13)21-10)15(19)11-5-7-17-8-6-11/h3-4,9-11,15,17,19H,5-8H2,1-2H3. The molecule has 0 spiro atoms. The quantitative estimate of drug-likeness (QED) is 0.866. The van der Waals surface area contributed by atoms with E-state index in [-0.39, 0.29) is 11.8 Å². The summed E-state index contributed by atoms with van der Waals surface area (Å²) in [5, 5.41) is 13.9. The van der Waals surface area contributed by atoms with Crippen molar-refractivity contribution in [2.24, 2.45) is 5.92 Å². The van der Waals surface area contributed by atoms with Crippen molar-refractivity contribution in [1.29, 1.82) is 0 Å². The summed E-state index contributed by atoms with van der Waals surface area (Å²) in [4.78, 5) is 13.6. The Hall–Kier alpha value is -1.59. The minimum atomic E-state index is -0.486. The van der Waals surface area contributed by atoms with Crippen LogP contribution >= 0.6 is 0 Å². The highest BCUT2D eigenvalue weighted by molar-refractivity contribution is 5.99. The summed E-state index contributed by atoms with van der Waals surface area (Å²) in [7, 11) is 1.75. The molecule has 1 aromatic rings. The van der Waals surface area contributed by atoms with E-state index in [0.29, 0.717) is 5.75 Å². The summed E-state index contributed by atoms with van der Waals surface area (Å²) < 4.78 is 5.61. The van der Waals surface area contributed by atoms with E-state index in [1.54, 1.807) is 18.9 Å². The average molecular weight is 290 g/mol. The van der Waals surface area contributed by atoms with Gasteiger partial charge in [0.1, 0.15) is 5.75 Å². The number of carbonyl (C=O) groups excluding carboxylic acids is 1. The van der Waals surface area contributed by atoms with Crippen LogP contribution in [-0.2, 0) is 4.79 Å². The molecule has 0 bridgehead atoms. The van der Waals surface area contributed by atoms with Crippen molar-refractivity contribution in [3.63, 3.8) is 0 Å². The molecule has 0 aromatic heterocycles. The fourth-order valence-electron chi connectivity index (χ4n) is 3.14. The Morgan fingerprint density at radius 2 is 2.10 bits per heavy atom. The Balaban J connectivity index is 1.87. The number of anilines is 1. The van der Waals surface area contributed by atoms with Crippen molar-refractivity contribution >= 4 is 11.6 Å². The molecule has 2 aliphatic heterocycles. The molecule has 0 saturated carbocycles. The van der Waals surface area contributed by atoms with Gasteiger partial charge in [-0.25, -0.2) is 0 Å². The van der Waals surface area contributed by atoms with Crippen molar-refractivity contribution in [3.05, 3.63) is 23.8 Å². The summed E-state index contributed by atoms with van der Waals surface area (Å²) in [6, 6.07) is 5.64. The van der Waals surface area contributed by atoms with E-state index in [2.05, 4.69) is 5.32 Å². The van der Waals surface area contributed by atoms with Crippen LogP contribution < -0.4 is 15.0 Å². The third kappa shape index (κ3) is 2.63. The molecule has 3 rings (SSSR count). The van der Waals surface area contributed by atoms with E-state index in [9.17, 15) is 9.90 Å². The second-order valence-corrected chi connectivity index (χ2v) is 5.92. The second kappa shape index (κ2) is 5.66. The molecule has 1 aromatic carbocycles. The maximum atomic E-state index is 12.0. The van der Waals surface area contributed by atoms with E-state index < -0.39 is 12.2 Å². The molecule has 114 valence electrons. The van der Waals surface area contributed by atoms with Crippen molar-refractivity contribution in [1.82, 2.24) is 5.32 Å². The van der Waals surface area contributed by atoms with Crippen molar-refractivity contribution in [2.45, 2.75) is 32.0 Å². The number of hydrogen-bond donors (Lipinski definition) is 2. The van der Waals surface area contributed by atoms with Gasteiger partial charge in [0.2, 0.25) is 0 Å². The smallest absolute Gasteiger partial charge is 0.267 e. The molecule has 1 saturated heterocycles. The summed E-state index contributed by atoms with van der Waals surface area (Å²) in [6.07, 6.45) is 1.00. The first-order chi connectivity index (χ1) is 10.1. The van der Waals surface area contributed by atoms with Crippen LogP contribution in [-0.4, -0.2) is 37.3 Å². The number of carbonyl (C=O) groups is 1. The lowest BCUT2D eigenvalue weighted by atomic mass is 9.88. The van der Waals surface area contributed by atoms with Gasteiger partial charge in [-0.3, -0.25) is 4.79 Å². The number of fused-ring (bicyclic) bond motifs is 1. The SMILES string of the molecule is CC1Oc2ccc(C(O)C3CCNCC3)cc2N(C)C1=O. The van der Waals surface area contributed by atoms with Crippen LogP contribution in [0.4, 0.5) is 5.69 Å². The van der Waals surface area contributed by atoms with Gasteiger partial charge in [-0.05, 0) is 56.5 Å². The first kappa shape index (κ1) is 14.4. The Morgan fingerprint density at radius 1 is 1.38 bits per heavy atom. The molecule has 0 radical (unpaired) electrons. The Labute approximate surface area is 124 Å². The van der Waals surface area contributed by atoms with Crippen molar-refractivity contribution in [2.75, 3.05) is 25.0 Å². The highest BCUT2D eigenvalue weighted by atomic mass is 16.5. The van der Waals surface area contributed by atoms with Gasteiger partial charge < -0.3 is 20.1 Å². The molecule has 5 nitrogen and oxygen atoms in total. The van der Waals surface area contributed by atoms with E-state index in [4.69, 9.17) is 4.74 Å². The van der Waals surface area contributed by atoms with Gasteiger partial charge in [0.25, 0.3) is 5.91 Å². The molecule has 0 aliphatic carbocycles. The van der Waals surface area contributed by atoms with E-state index >= 15 is 0 Å². The molecule has 2 unspecified atom stereocenters. The number of piperidine rings is 1. The molecule has 2 N–H and O–H groups in total. The zero-order valence-corrected chi connectivity index (χ0v) is 12.5. The summed E-state index contributed by atoms with van der Waals surface area (Å²) in [5.74, 6) is 0.913. The van der Waals surface area contributed by atoms with Gasteiger partial charge in [0.05, 0.1) is 11.8 Å². The summed E-state index contributed by atoms with van der Waals surface area (Å²) >= 11 is 0. The number of benzene rings is 1. The first-order valence-corrected chi connectivity index (χ1v) is 7.55. The number of hydrogen-bond acceptors (Lipinski definition) is 4. The molecular formula is C16H22N2O3. The number of nitrogens with zero attached hydrogens (tertiary/aromatic N) is 1. The van der Waals surface area contributed by atoms with Gasteiger partial charge in [0.15, 0.2) is 6.10 Å². The summed E-state index contributed by atoms with van der Waals surface area (Å²) in [5.41, 5.74) is 1.60. The normalized spacial score (nSPS) is 24.4. The maximum Gasteiger partial charge on any atom is 0.267 e. The van der Waals surface area contributed by atoms with Crippen molar-refractivity contribution < 1.29 is 14.6 Å². The topological polar surface area (TPSA) is 61.8 Å². The predicted molar refractivity (Wildman–Crippen MR) is 80.5 cm³/mol. The minimum Gasteiger partial charge on any atom is -0.479 e. The van der Waals surface area contributed by atoms with Crippen LogP contribution in [0.1, 0.15) is 31.4 Å². The number of rotatable bonds is 2. The number of aliphatic hydroxyl groups is 1. The molecular weight excluding hydrogens is 268 g/mol. The van der Waals surface area contributed by atoms with Crippen LogP contribution in [0.5, 0.6) is 5.75 Å². The Morgan fingerprint density at radius 3 is 2.81 bits per heavy atom. The van der Waals surface area contributed by atoms with Gasteiger partial charge in [-0.15, -0.1) is 0 Å². The zero-order chi connectivity index (χ0) is 15.0. The molecule has 2 atom stereocenters. The number of amides is 1. The first-order valence-electron chi connectivity index (χ1n) is 7.55. The number of ether oxygens (including phenoxy) is 1. The second-order valence-electron chi connectivity index (χ2n) is 5.92. The monoisotopic (exact) mass is 290 g/mol. The third-order valence-corrected chi connectivity index (χ3v) is 4.50. The Bertz CT molecular complexity index is 540. The zero-order valence-electron chi connectivity index (χ0n) is 12.5. The lowest BCUT2D eigenvalue weighted by Crippen LogP contribution is -2.42. The minimum absolute atomic E-state index is 0.0593. The average Bonchev–Trinajstić information content (AvgIpc) is 2.53. The molecule has 1 amide bonds. The lowest BCUT2D eigenvalue weighted by Gasteiger charge is -2.32. The summed E-state index contributed by atoms with van der Waals surface area (Å²) in [6.45, 7) is 3.65. The molecule has 5 heteroatoms. The van der Waals surface area contributed by atoms with E-state index in [1.165, 1.54) is 0 Å². The lowest BCUT2D eigenvalue weighted by molar-refractivity contribution is -0.125. The van der Waals surface area contributed by atoms with E-state index in [1.807, 2.05) is 18.2 Å². The number of likely N-dealkylation sites (N-methyl/N-ethyl adjacent to an activating group) is 1. The van der Waals surface area contributed by atoms with E-state index in [0.717, 1.165) is 37.2 Å². The molecule has 1 fully saturated rings. The van der Waals surface area contributed by atoms with Crippen LogP contribution in [0.25, 0.3) is 0 Å². The number of aliphatic hydroxyl groups excluding tert-OH is 1. The highest BCUT2D eigenvalue weighted by Gasteiger charge is 2.30. The van der Waals surface area contributed by atoms with Gasteiger partial charge in [0, 0.05) is 7.05 Å². The fourth-order valence-corrected chi connectivity index (χ4v) is 3.14. The third-order valence-electron chi connectivity index (χ3n) is 4.50. The predicted octanol–water partition coefficient (Wildman–Crippen LogP) is 1.46. The highest BCUT2D eigenvalue weighted by Crippen LogP contribution is 2.37. The van der Waals surface area contributed by atoms with Crippen molar-refractivity contribution in [3.8, 4) is 5.75 Å².